The lowest BCUT2D eigenvalue weighted by atomic mass is 10.2. The van der Waals surface area contributed by atoms with Crippen LogP contribution in [0, 0.1) is 11.8 Å². The smallest absolute Gasteiger partial charge is 0.166 e. The number of hydrogen-bond acceptors (Lipinski definition) is 6. The molecule has 0 radical (unpaired) electrons. The third kappa shape index (κ3) is 3.18. The van der Waals surface area contributed by atoms with Gasteiger partial charge in [0.25, 0.3) is 0 Å². The molecule has 7 heteroatoms. The first kappa shape index (κ1) is 15.6. The first-order valence-electron chi connectivity index (χ1n) is 7.78. The maximum Gasteiger partial charge on any atom is 0.166 e. The Labute approximate surface area is 148 Å². The number of rotatable bonds is 4. The van der Waals surface area contributed by atoms with Gasteiger partial charge in [-0.2, -0.15) is 0 Å². The van der Waals surface area contributed by atoms with E-state index in [1.165, 1.54) is 11.3 Å². The molecule has 4 rings (SSSR count). The lowest BCUT2D eigenvalue weighted by Gasteiger charge is -2.07. The molecule has 0 aliphatic heterocycles. The molecule has 6 nitrogen and oxygen atoms in total. The van der Waals surface area contributed by atoms with Crippen LogP contribution in [0.2, 0.25) is 0 Å². The highest BCUT2D eigenvalue weighted by molar-refractivity contribution is 7.10. The molecule has 0 amide bonds. The molecule has 2 N–H and O–H groups in total. The van der Waals surface area contributed by atoms with Gasteiger partial charge in [0.15, 0.2) is 10.8 Å². The highest BCUT2D eigenvalue weighted by Gasteiger charge is 2.11. The number of imidazole rings is 1. The Kier molecular flexibility index (Phi) is 4.29. The fourth-order valence-electron chi connectivity index (χ4n) is 2.66. The minimum atomic E-state index is 0.372. The lowest BCUT2D eigenvalue weighted by molar-refractivity contribution is 0.158. The number of nitrogens with zero attached hydrogens (tertiary/aromatic N) is 4. The molecule has 3 heterocycles. The van der Waals surface area contributed by atoms with Crippen LogP contribution >= 0.6 is 11.3 Å². The standard InChI is InChI=1S/C18H15N5OS/c19-18-16-17(13-4-1-2-5-14(13)22-18)23(12-21-16)8-10-24-9-3-6-15-20-7-11-25-15/h1-2,4-5,7,11-12H,8-10H2,(H2,19,22). The van der Waals surface area contributed by atoms with E-state index in [4.69, 9.17) is 10.5 Å². The molecular weight excluding hydrogens is 334 g/mol. The van der Waals surface area contributed by atoms with E-state index >= 15 is 0 Å². The van der Waals surface area contributed by atoms with Gasteiger partial charge in [-0.15, -0.1) is 11.3 Å². The van der Waals surface area contributed by atoms with Crippen molar-refractivity contribution in [2.45, 2.75) is 6.54 Å². The number of ether oxygens (including phenoxy) is 1. The van der Waals surface area contributed by atoms with Crippen molar-refractivity contribution in [1.82, 2.24) is 19.5 Å². The number of benzene rings is 1. The van der Waals surface area contributed by atoms with Crippen LogP contribution in [0.25, 0.3) is 21.9 Å². The van der Waals surface area contributed by atoms with E-state index in [0.717, 1.165) is 26.9 Å². The molecule has 0 saturated carbocycles. The summed E-state index contributed by atoms with van der Waals surface area (Å²) in [7, 11) is 0. The number of thiazole rings is 1. The van der Waals surface area contributed by atoms with Crippen LogP contribution < -0.4 is 5.73 Å². The van der Waals surface area contributed by atoms with E-state index < -0.39 is 0 Å². The molecule has 0 fully saturated rings. The molecule has 3 aromatic heterocycles. The summed E-state index contributed by atoms with van der Waals surface area (Å²) in [6.45, 7) is 1.58. The largest absolute Gasteiger partial charge is 0.382 e. The normalized spacial score (nSPS) is 10.9. The van der Waals surface area contributed by atoms with Crippen LogP contribution in [0.3, 0.4) is 0 Å². The summed E-state index contributed by atoms with van der Waals surface area (Å²) in [6, 6.07) is 7.92. The average Bonchev–Trinajstić information content (AvgIpc) is 3.28. The first-order chi connectivity index (χ1) is 12.3. The van der Waals surface area contributed by atoms with E-state index in [2.05, 4.69) is 26.8 Å². The number of nitrogens with two attached hydrogens (primary N) is 1. The van der Waals surface area contributed by atoms with Gasteiger partial charge in [0.05, 0.1) is 24.0 Å². The van der Waals surface area contributed by atoms with Crippen molar-refractivity contribution < 1.29 is 4.74 Å². The number of aromatic nitrogens is 4. The van der Waals surface area contributed by atoms with E-state index in [9.17, 15) is 0 Å². The molecule has 4 aromatic rings. The van der Waals surface area contributed by atoms with Crippen LogP contribution in [-0.4, -0.2) is 32.7 Å². The van der Waals surface area contributed by atoms with Crippen molar-refractivity contribution >= 4 is 39.1 Å². The molecule has 0 atom stereocenters. The lowest BCUT2D eigenvalue weighted by Crippen LogP contribution is -2.06. The highest BCUT2D eigenvalue weighted by Crippen LogP contribution is 2.26. The number of nitrogen functional groups attached to an aromatic ring is 1. The molecule has 1 aromatic carbocycles. The van der Waals surface area contributed by atoms with Gasteiger partial charge in [-0.25, -0.2) is 15.0 Å². The number of fused-ring (bicyclic) bond motifs is 3. The summed E-state index contributed by atoms with van der Waals surface area (Å²) in [5.74, 6) is 6.38. The second kappa shape index (κ2) is 6.89. The van der Waals surface area contributed by atoms with Crippen molar-refractivity contribution in [2.24, 2.45) is 0 Å². The predicted molar refractivity (Wildman–Crippen MR) is 99.3 cm³/mol. The Balaban J connectivity index is 1.48. The van der Waals surface area contributed by atoms with Crippen LogP contribution in [-0.2, 0) is 11.3 Å². The van der Waals surface area contributed by atoms with E-state index in [1.807, 2.05) is 34.2 Å². The summed E-state index contributed by atoms with van der Waals surface area (Å²) >= 11 is 1.52. The maximum atomic E-state index is 6.04. The van der Waals surface area contributed by atoms with Gasteiger partial charge < -0.3 is 15.0 Å². The first-order valence-corrected chi connectivity index (χ1v) is 8.66. The second-order valence-corrected chi connectivity index (χ2v) is 6.24. The van der Waals surface area contributed by atoms with Gasteiger partial charge in [0.1, 0.15) is 12.1 Å². The highest BCUT2D eigenvalue weighted by atomic mass is 32.1. The Morgan fingerprint density at radius 3 is 3.04 bits per heavy atom. The molecule has 0 unspecified atom stereocenters. The van der Waals surface area contributed by atoms with E-state index in [0.29, 0.717) is 25.6 Å². The van der Waals surface area contributed by atoms with E-state index in [-0.39, 0.29) is 0 Å². The Morgan fingerprint density at radius 1 is 1.24 bits per heavy atom. The van der Waals surface area contributed by atoms with Crippen molar-refractivity contribution in [1.29, 1.82) is 0 Å². The monoisotopic (exact) mass is 349 g/mol. The number of pyridine rings is 1. The summed E-state index contributed by atoms with van der Waals surface area (Å²) in [6.07, 6.45) is 3.52. The van der Waals surface area contributed by atoms with Crippen LogP contribution in [0.1, 0.15) is 5.01 Å². The zero-order chi connectivity index (χ0) is 17.1. The molecule has 0 spiro atoms. The quantitative estimate of drug-likeness (QED) is 0.453. The average molecular weight is 349 g/mol. The van der Waals surface area contributed by atoms with E-state index in [1.54, 1.807) is 12.5 Å². The summed E-state index contributed by atoms with van der Waals surface area (Å²) < 4.78 is 7.65. The van der Waals surface area contributed by atoms with Crippen LogP contribution in [0.15, 0.2) is 42.2 Å². The van der Waals surface area contributed by atoms with Gasteiger partial charge in [-0.05, 0) is 12.0 Å². The van der Waals surface area contributed by atoms with Crippen LogP contribution in [0.5, 0.6) is 0 Å². The third-order valence-electron chi connectivity index (χ3n) is 3.76. The maximum absolute atomic E-state index is 6.04. The van der Waals surface area contributed by atoms with Crippen molar-refractivity contribution in [3.63, 3.8) is 0 Å². The molecule has 124 valence electrons. The number of para-hydroxylation sites is 1. The number of anilines is 1. The molecule has 0 bridgehead atoms. The van der Waals surface area contributed by atoms with Gasteiger partial charge in [-0.1, -0.05) is 24.1 Å². The predicted octanol–water partition coefficient (Wildman–Crippen LogP) is 2.69. The fraction of sp³-hybridized carbons (Fsp3) is 0.167. The van der Waals surface area contributed by atoms with Gasteiger partial charge in [-0.3, -0.25) is 0 Å². The fourth-order valence-corrected chi connectivity index (χ4v) is 3.16. The van der Waals surface area contributed by atoms with Gasteiger partial charge >= 0.3 is 0 Å². The van der Waals surface area contributed by atoms with Crippen molar-refractivity contribution in [3.05, 3.63) is 47.2 Å². The zero-order valence-corrected chi connectivity index (χ0v) is 14.2. The topological polar surface area (TPSA) is 78.8 Å². The summed E-state index contributed by atoms with van der Waals surface area (Å²) in [5, 5.41) is 3.74. The Morgan fingerprint density at radius 2 is 2.16 bits per heavy atom. The van der Waals surface area contributed by atoms with Crippen molar-refractivity contribution in [3.8, 4) is 11.8 Å². The Bertz CT molecular complexity index is 1080. The SMILES string of the molecule is Nc1nc2ccccc2c2c1ncn2CCOCC#Cc1nccs1. The molecule has 0 saturated heterocycles. The summed E-state index contributed by atoms with van der Waals surface area (Å²) in [4.78, 5) is 12.9. The molecule has 25 heavy (non-hydrogen) atoms. The van der Waals surface area contributed by atoms with Gasteiger partial charge in [0, 0.05) is 23.5 Å². The van der Waals surface area contributed by atoms with Crippen molar-refractivity contribution in [2.75, 3.05) is 18.9 Å². The second-order valence-electron chi connectivity index (χ2n) is 5.34. The Hall–Kier alpha value is -2.95. The molecular formula is C18H15N5OS. The number of hydrogen-bond donors (Lipinski definition) is 1. The molecule has 0 aliphatic rings. The van der Waals surface area contributed by atoms with Gasteiger partial charge in [0.2, 0.25) is 0 Å². The minimum absolute atomic E-state index is 0.372. The third-order valence-corrected chi connectivity index (χ3v) is 4.45. The van der Waals surface area contributed by atoms with Crippen LogP contribution in [0.4, 0.5) is 5.82 Å². The molecule has 0 aliphatic carbocycles. The zero-order valence-electron chi connectivity index (χ0n) is 13.3. The minimum Gasteiger partial charge on any atom is -0.382 e. The summed E-state index contributed by atoms with van der Waals surface area (Å²) in [5.41, 5.74) is 8.61.